The van der Waals surface area contributed by atoms with E-state index in [1.54, 1.807) is 36.4 Å². The van der Waals surface area contributed by atoms with Gasteiger partial charge in [-0.3, -0.25) is 0 Å². The van der Waals surface area contributed by atoms with Crippen LogP contribution in [0.4, 0.5) is 5.69 Å². The lowest BCUT2D eigenvalue weighted by Crippen LogP contribution is -2.11. The molecule has 0 saturated heterocycles. The molecule has 0 amide bonds. The van der Waals surface area contributed by atoms with Crippen LogP contribution in [0.25, 0.3) is 0 Å². The Morgan fingerprint density at radius 2 is 2.00 bits per heavy atom. The number of carbonyl (C=O) groups excluding carboxylic acids is 1. The number of allylic oxidation sites excluding steroid dienone is 1. The zero-order valence-corrected chi connectivity index (χ0v) is 11.8. The van der Waals surface area contributed by atoms with Crippen molar-refractivity contribution in [1.29, 1.82) is 0 Å². The van der Waals surface area contributed by atoms with Crippen LogP contribution in [0.15, 0.2) is 55.1 Å². The van der Waals surface area contributed by atoms with Crippen LogP contribution >= 0.6 is 0 Å². The lowest BCUT2D eigenvalue weighted by Gasteiger charge is -2.11. The summed E-state index contributed by atoms with van der Waals surface area (Å²) >= 11 is 0. The van der Waals surface area contributed by atoms with Gasteiger partial charge in [-0.25, -0.2) is 4.79 Å². The van der Waals surface area contributed by atoms with Gasteiger partial charge in [-0.05, 0) is 36.2 Å². The molecule has 0 fully saturated rings. The van der Waals surface area contributed by atoms with E-state index in [-0.39, 0.29) is 0 Å². The van der Waals surface area contributed by atoms with E-state index in [0.717, 1.165) is 12.0 Å². The number of methoxy groups -OCH3 is 1. The predicted molar refractivity (Wildman–Crippen MR) is 82.7 cm³/mol. The van der Waals surface area contributed by atoms with E-state index >= 15 is 0 Å². The number of para-hydroxylation sites is 1. The van der Waals surface area contributed by atoms with E-state index in [1.807, 2.05) is 12.1 Å². The van der Waals surface area contributed by atoms with Crippen molar-refractivity contribution in [2.75, 3.05) is 12.8 Å². The molecule has 2 aromatic carbocycles. The number of hydrogen-bond acceptors (Lipinski definition) is 4. The molecule has 0 aromatic heterocycles. The summed E-state index contributed by atoms with van der Waals surface area (Å²) in [5.41, 5.74) is 7.50. The number of benzene rings is 2. The van der Waals surface area contributed by atoms with Gasteiger partial charge < -0.3 is 15.2 Å². The summed E-state index contributed by atoms with van der Waals surface area (Å²) < 4.78 is 10.6. The minimum atomic E-state index is -0.511. The molecule has 21 heavy (non-hydrogen) atoms. The summed E-state index contributed by atoms with van der Waals surface area (Å²) in [5, 5.41) is 0. The molecular weight excluding hydrogens is 266 g/mol. The first-order valence-electron chi connectivity index (χ1n) is 6.50. The Morgan fingerprint density at radius 3 is 2.67 bits per heavy atom. The number of anilines is 1. The summed E-state index contributed by atoms with van der Waals surface area (Å²) in [6.45, 7) is 3.69. The van der Waals surface area contributed by atoms with Crippen LogP contribution in [0.1, 0.15) is 15.9 Å². The first-order valence-corrected chi connectivity index (χ1v) is 6.50. The van der Waals surface area contributed by atoms with Crippen LogP contribution in [-0.2, 0) is 6.42 Å². The van der Waals surface area contributed by atoms with Gasteiger partial charge in [0, 0.05) is 5.69 Å². The molecule has 0 atom stereocenters. The smallest absolute Gasteiger partial charge is 0.345 e. The highest BCUT2D eigenvalue weighted by atomic mass is 16.6. The second-order valence-electron chi connectivity index (χ2n) is 4.45. The van der Waals surface area contributed by atoms with Gasteiger partial charge in [0.2, 0.25) is 0 Å². The molecule has 0 saturated carbocycles. The van der Waals surface area contributed by atoms with Crippen molar-refractivity contribution in [2.24, 2.45) is 0 Å². The molecule has 0 aliphatic carbocycles. The molecule has 108 valence electrons. The second kappa shape index (κ2) is 6.61. The third-order valence-corrected chi connectivity index (χ3v) is 2.99. The van der Waals surface area contributed by atoms with Gasteiger partial charge >= 0.3 is 5.97 Å². The SMILES string of the molecule is C=CCc1ccc(OC(=O)c2ccccc2N)c(OC)c1. The van der Waals surface area contributed by atoms with E-state index in [2.05, 4.69) is 6.58 Å². The Labute approximate surface area is 123 Å². The summed E-state index contributed by atoms with van der Waals surface area (Å²) in [6.07, 6.45) is 2.52. The number of nitrogens with two attached hydrogens (primary N) is 1. The molecular formula is C17H17NO3. The minimum Gasteiger partial charge on any atom is -0.493 e. The van der Waals surface area contributed by atoms with Gasteiger partial charge in [0.1, 0.15) is 0 Å². The number of hydrogen-bond donors (Lipinski definition) is 1. The van der Waals surface area contributed by atoms with Gasteiger partial charge in [-0.2, -0.15) is 0 Å². The number of ether oxygens (including phenoxy) is 2. The van der Waals surface area contributed by atoms with Gasteiger partial charge in [-0.1, -0.05) is 24.3 Å². The number of rotatable bonds is 5. The van der Waals surface area contributed by atoms with Gasteiger partial charge in [0.15, 0.2) is 11.5 Å². The molecule has 0 unspecified atom stereocenters. The van der Waals surface area contributed by atoms with Crippen LogP contribution in [0, 0.1) is 0 Å². The van der Waals surface area contributed by atoms with Crippen molar-refractivity contribution >= 4 is 11.7 Å². The maximum Gasteiger partial charge on any atom is 0.345 e. The molecule has 0 spiro atoms. The molecule has 2 rings (SSSR count). The van der Waals surface area contributed by atoms with Gasteiger partial charge in [0.05, 0.1) is 12.7 Å². The Balaban J connectivity index is 2.25. The van der Waals surface area contributed by atoms with E-state index in [0.29, 0.717) is 22.7 Å². The van der Waals surface area contributed by atoms with Gasteiger partial charge in [0.25, 0.3) is 0 Å². The summed E-state index contributed by atoms with van der Waals surface area (Å²) in [5.74, 6) is 0.346. The Hall–Kier alpha value is -2.75. The van der Waals surface area contributed by atoms with Gasteiger partial charge in [-0.15, -0.1) is 6.58 Å². The first kappa shape index (κ1) is 14.7. The fourth-order valence-corrected chi connectivity index (χ4v) is 1.93. The second-order valence-corrected chi connectivity index (χ2v) is 4.45. The van der Waals surface area contributed by atoms with Crippen LogP contribution in [0.2, 0.25) is 0 Å². The van der Waals surface area contributed by atoms with Crippen molar-refractivity contribution in [3.8, 4) is 11.5 Å². The zero-order valence-electron chi connectivity index (χ0n) is 11.8. The average Bonchev–Trinajstić information content (AvgIpc) is 2.49. The maximum atomic E-state index is 12.1. The standard InChI is InChI=1S/C17H17NO3/c1-3-6-12-9-10-15(16(11-12)20-2)21-17(19)13-7-4-5-8-14(13)18/h3-5,7-11H,1,6,18H2,2H3. The predicted octanol–water partition coefficient (Wildman–Crippen LogP) is 3.23. The van der Waals surface area contributed by atoms with Crippen molar-refractivity contribution in [2.45, 2.75) is 6.42 Å². The third kappa shape index (κ3) is 3.42. The van der Waals surface area contributed by atoms with Crippen molar-refractivity contribution in [3.05, 3.63) is 66.2 Å². The highest BCUT2D eigenvalue weighted by Gasteiger charge is 2.14. The fourth-order valence-electron chi connectivity index (χ4n) is 1.93. The van der Waals surface area contributed by atoms with Crippen molar-refractivity contribution in [3.63, 3.8) is 0 Å². The van der Waals surface area contributed by atoms with Crippen LogP contribution < -0.4 is 15.2 Å². The number of carbonyl (C=O) groups is 1. The Kier molecular flexibility index (Phi) is 4.61. The topological polar surface area (TPSA) is 61.5 Å². The molecule has 0 bridgehead atoms. The molecule has 2 N–H and O–H groups in total. The molecule has 0 heterocycles. The Bertz CT molecular complexity index is 665. The first-order chi connectivity index (χ1) is 10.2. The van der Waals surface area contributed by atoms with Crippen LogP contribution in [0.3, 0.4) is 0 Å². The minimum absolute atomic E-state index is 0.328. The number of nitrogen functional groups attached to an aromatic ring is 1. The lowest BCUT2D eigenvalue weighted by atomic mass is 10.1. The van der Waals surface area contributed by atoms with Crippen LogP contribution in [0.5, 0.6) is 11.5 Å². The quantitative estimate of drug-likeness (QED) is 0.396. The van der Waals surface area contributed by atoms with E-state index in [4.69, 9.17) is 15.2 Å². The highest BCUT2D eigenvalue weighted by molar-refractivity contribution is 5.96. The van der Waals surface area contributed by atoms with E-state index in [9.17, 15) is 4.79 Å². The monoisotopic (exact) mass is 283 g/mol. The lowest BCUT2D eigenvalue weighted by molar-refractivity contribution is 0.0731. The maximum absolute atomic E-state index is 12.1. The molecule has 4 heteroatoms. The third-order valence-electron chi connectivity index (χ3n) is 2.99. The summed E-state index contributed by atoms with van der Waals surface area (Å²) in [7, 11) is 1.53. The Morgan fingerprint density at radius 1 is 1.24 bits per heavy atom. The van der Waals surface area contributed by atoms with Crippen molar-refractivity contribution in [1.82, 2.24) is 0 Å². The molecule has 4 nitrogen and oxygen atoms in total. The zero-order chi connectivity index (χ0) is 15.2. The van der Waals surface area contributed by atoms with E-state index in [1.165, 1.54) is 7.11 Å². The largest absolute Gasteiger partial charge is 0.493 e. The fraction of sp³-hybridized carbons (Fsp3) is 0.118. The number of esters is 1. The average molecular weight is 283 g/mol. The van der Waals surface area contributed by atoms with Crippen molar-refractivity contribution < 1.29 is 14.3 Å². The molecule has 0 radical (unpaired) electrons. The molecule has 0 aliphatic rings. The molecule has 2 aromatic rings. The normalized spacial score (nSPS) is 9.95. The molecule has 0 aliphatic heterocycles. The van der Waals surface area contributed by atoms with E-state index < -0.39 is 5.97 Å². The van der Waals surface area contributed by atoms with Crippen LogP contribution in [-0.4, -0.2) is 13.1 Å². The summed E-state index contributed by atoms with van der Waals surface area (Å²) in [4.78, 5) is 12.1. The highest BCUT2D eigenvalue weighted by Crippen LogP contribution is 2.29. The summed E-state index contributed by atoms with van der Waals surface area (Å²) in [6, 6.07) is 12.2.